The number of aryl methyl sites for hydroxylation is 1. The molecule has 5 nitrogen and oxygen atoms in total. The largest absolute Gasteiger partial charge is 0.507 e. The molecule has 2 aromatic rings. The Morgan fingerprint density at radius 1 is 1.12 bits per heavy atom. The van der Waals surface area contributed by atoms with Crippen molar-refractivity contribution in [1.29, 1.82) is 0 Å². The van der Waals surface area contributed by atoms with E-state index in [0.29, 0.717) is 0 Å². The summed E-state index contributed by atoms with van der Waals surface area (Å²) < 4.78 is 4.96. The minimum Gasteiger partial charge on any atom is -0.507 e. The maximum absolute atomic E-state index is 12.0. The molecule has 2 aromatic carbocycles. The SMILES string of the molecule is CC[C@@H](NC(=O)COC(=O)c1ccccc1O)c1ccc(C)cc1. The second-order valence-corrected chi connectivity index (χ2v) is 5.53. The van der Waals surface area contributed by atoms with Crippen molar-refractivity contribution < 1.29 is 19.4 Å². The van der Waals surface area contributed by atoms with E-state index in [1.165, 1.54) is 12.1 Å². The van der Waals surface area contributed by atoms with Crippen molar-refractivity contribution >= 4 is 11.9 Å². The maximum atomic E-state index is 12.0. The van der Waals surface area contributed by atoms with Crippen LogP contribution in [0.3, 0.4) is 0 Å². The van der Waals surface area contributed by atoms with Gasteiger partial charge in [0, 0.05) is 0 Å². The number of aromatic hydroxyl groups is 1. The van der Waals surface area contributed by atoms with Crippen LogP contribution in [0.25, 0.3) is 0 Å². The summed E-state index contributed by atoms with van der Waals surface area (Å²) in [5.74, 6) is -1.29. The quantitative estimate of drug-likeness (QED) is 0.799. The molecular formula is C19H21NO4. The normalized spacial score (nSPS) is 11.6. The first kappa shape index (κ1) is 17.5. The van der Waals surface area contributed by atoms with Gasteiger partial charge in [0.25, 0.3) is 5.91 Å². The highest BCUT2D eigenvalue weighted by Crippen LogP contribution is 2.18. The van der Waals surface area contributed by atoms with Crippen molar-refractivity contribution in [3.63, 3.8) is 0 Å². The molecule has 2 rings (SSSR count). The van der Waals surface area contributed by atoms with Crippen molar-refractivity contribution in [2.45, 2.75) is 26.3 Å². The Morgan fingerprint density at radius 3 is 2.42 bits per heavy atom. The topological polar surface area (TPSA) is 75.6 Å². The van der Waals surface area contributed by atoms with Gasteiger partial charge in [-0.2, -0.15) is 0 Å². The second-order valence-electron chi connectivity index (χ2n) is 5.53. The van der Waals surface area contributed by atoms with Crippen LogP contribution in [0.1, 0.15) is 40.9 Å². The minimum absolute atomic E-state index is 0.0378. The summed E-state index contributed by atoms with van der Waals surface area (Å²) in [5, 5.41) is 12.4. The Kier molecular flexibility index (Phi) is 5.95. The number of ether oxygens (including phenoxy) is 1. The zero-order chi connectivity index (χ0) is 17.5. The molecule has 0 unspecified atom stereocenters. The summed E-state index contributed by atoms with van der Waals surface area (Å²) in [6.45, 7) is 3.58. The van der Waals surface area contributed by atoms with E-state index in [1.54, 1.807) is 12.1 Å². The van der Waals surface area contributed by atoms with E-state index in [-0.39, 0.29) is 23.3 Å². The van der Waals surface area contributed by atoms with Crippen molar-refractivity contribution in [2.75, 3.05) is 6.61 Å². The Labute approximate surface area is 141 Å². The molecule has 2 N–H and O–H groups in total. The molecular weight excluding hydrogens is 306 g/mol. The molecule has 0 spiro atoms. The molecule has 1 amide bonds. The standard InChI is InChI=1S/C19H21NO4/c1-3-16(14-10-8-13(2)9-11-14)20-18(22)12-24-19(23)15-6-4-5-7-17(15)21/h4-11,16,21H,3,12H2,1-2H3,(H,20,22)/t16-/m1/s1. The third kappa shape index (κ3) is 4.59. The van der Waals surface area contributed by atoms with Crippen LogP contribution in [0.4, 0.5) is 0 Å². The summed E-state index contributed by atoms with van der Waals surface area (Å²) in [5.41, 5.74) is 2.19. The highest BCUT2D eigenvalue weighted by Gasteiger charge is 2.16. The number of amides is 1. The predicted octanol–water partition coefficient (Wildman–Crippen LogP) is 3.12. The van der Waals surface area contributed by atoms with Crippen molar-refractivity contribution in [3.8, 4) is 5.75 Å². The molecule has 5 heteroatoms. The van der Waals surface area contributed by atoms with Crippen LogP contribution in [-0.2, 0) is 9.53 Å². The Bertz CT molecular complexity index is 710. The number of esters is 1. The number of hydrogen-bond acceptors (Lipinski definition) is 4. The number of nitrogens with one attached hydrogen (secondary N) is 1. The first-order chi connectivity index (χ1) is 11.5. The zero-order valence-corrected chi connectivity index (χ0v) is 13.8. The van der Waals surface area contributed by atoms with E-state index in [9.17, 15) is 14.7 Å². The van der Waals surface area contributed by atoms with Gasteiger partial charge in [-0.25, -0.2) is 4.79 Å². The van der Waals surface area contributed by atoms with E-state index in [1.807, 2.05) is 38.1 Å². The molecule has 126 valence electrons. The molecule has 0 aliphatic heterocycles. The Hall–Kier alpha value is -2.82. The van der Waals surface area contributed by atoms with Gasteiger partial charge < -0.3 is 15.2 Å². The lowest BCUT2D eigenvalue weighted by Gasteiger charge is -2.17. The van der Waals surface area contributed by atoms with Gasteiger partial charge in [0.15, 0.2) is 6.61 Å². The van der Waals surface area contributed by atoms with Crippen LogP contribution in [0.15, 0.2) is 48.5 Å². The summed E-state index contributed by atoms with van der Waals surface area (Å²) >= 11 is 0. The van der Waals surface area contributed by atoms with Gasteiger partial charge in [-0.05, 0) is 31.0 Å². The highest BCUT2D eigenvalue weighted by molar-refractivity contribution is 5.93. The molecule has 0 heterocycles. The third-order valence-corrected chi connectivity index (χ3v) is 3.68. The Morgan fingerprint density at radius 2 is 1.79 bits per heavy atom. The average Bonchev–Trinajstić information content (AvgIpc) is 2.59. The maximum Gasteiger partial charge on any atom is 0.342 e. The lowest BCUT2D eigenvalue weighted by molar-refractivity contribution is -0.125. The number of rotatable bonds is 6. The number of phenols is 1. The number of phenolic OH excluding ortho intramolecular Hbond substituents is 1. The molecule has 0 saturated carbocycles. The number of para-hydroxylation sites is 1. The van der Waals surface area contributed by atoms with Crippen molar-refractivity contribution in [1.82, 2.24) is 5.32 Å². The lowest BCUT2D eigenvalue weighted by Crippen LogP contribution is -2.32. The lowest BCUT2D eigenvalue weighted by atomic mass is 10.0. The van der Waals surface area contributed by atoms with Gasteiger partial charge in [-0.3, -0.25) is 4.79 Å². The number of hydrogen-bond donors (Lipinski definition) is 2. The molecule has 0 aliphatic rings. The van der Waals surface area contributed by atoms with Crippen LogP contribution in [-0.4, -0.2) is 23.6 Å². The van der Waals surface area contributed by atoms with E-state index in [0.717, 1.165) is 17.5 Å². The van der Waals surface area contributed by atoms with Crippen LogP contribution in [0, 0.1) is 6.92 Å². The fraction of sp³-hybridized carbons (Fsp3) is 0.263. The molecule has 0 aromatic heterocycles. The zero-order valence-electron chi connectivity index (χ0n) is 13.8. The molecule has 0 saturated heterocycles. The van der Waals surface area contributed by atoms with Gasteiger partial charge in [0.2, 0.25) is 0 Å². The van der Waals surface area contributed by atoms with E-state index in [4.69, 9.17) is 4.74 Å². The van der Waals surface area contributed by atoms with Crippen LogP contribution >= 0.6 is 0 Å². The number of carbonyl (C=O) groups is 2. The monoisotopic (exact) mass is 327 g/mol. The second kappa shape index (κ2) is 8.15. The molecule has 1 atom stereocenters. The molecule has 24 heavy (non-hydrogen) atoms. The summed E-state index contributed by atoms with van der Waals surface area (Å²) in [6.07, 6.45) is 0.724. The van der Waals surface area contributed by atoms with Gasteiger partial charge in [-0.15, -0.1) is 0 Å². The molecule has 0 radical (unpaired) electrons. The van der Waals surface area contributed by atoms with E-state index < -0.39 is 12.6 Å². The van der Waals surface area contributed by atoms with Crippen LogP contribution in [0.5, 0.6) is 5.75 Å². The van der Waals surface area contributed by atoms with Gasteiger partial charge in [0.05, 0.1) is 6.04 Å². The molecule has 0 aliphatic carbocycles. The fourth-order valence-corrected chi connectivity index (χ4v) is 2.31. The van der Waals surface area contributed by atoms with E-state index >= 15 is 0 Å². The third-order valence-electron chi connectivity index (χ3n) is 3.68. The smallest absolute Gasteiger partial charge is 0.342 e. The van der Waals surface area contributed by atoms with Crippen molar-refractivity contribution in [3.05, 3.63) is 65.2 Å². The average molecular weight is 327 g/mol. The minimum atomic E-state index is -0.730. The van der Waals surface area contributed by atoms with Gasteiger partial charge in [-0.1, -0.05) is 48.9 Å². The van der Waals surface area contributed by atoms with Gasteiger partial charge >= 0.3 is 5.97 Å². The first-order valence-corrected chi connectivity index (χ1v) is 7.82. The van der Waals surface area contributed by atoms with Crippen molar-refractivity contribution in [2.24, 2.45) is 0 Å². The van der Waals surface area contributed by atoms with E-state index in [2.05, 4.69) is 5.32 Å². The summed E-state index contributed by atoms with van der Waals surface area (Å²) in [6, 6.07) is 13.8. The number of carbonyl (C=O) groups excluding carboxylic acids is 2. The summed E-state index contributed by atoms with van der Waals surface area (Å²) in [4.78, 5) is 23.9. The summed E-state index contributed by atoms with van der Waals surface area (Å²) in [7, 11) is 0. The Balaban J connectivity index is 1.91. The van der Waals surface area contributed by atoms with Gasteiger partial charge in [0.1, 0.15) is 11.3 Å². The van der Waals surface area contributed by atoms with Crippen LogP contribution < -0.4 is 5.32 Å². The highest BCUT2D eigenvalue weighted by atomic mass is 16.5. The van der Waals surface area contributed by atoms with Crippen LogP contribution in [0.2, 0.25) is 0 Å². The molecule has 0 fully saturated rings. The predicted molar refractivity (Wildman–Crippen MR) is 90.7 cm³/mol. The first-order valence-electron chi connectivity index (χ1n) is 7.82. The number of benzene rings is 2. The molecule has 0 bridgehead atoms. The fourth-order valence-electron chi connectivity index (χ4n) is 2.31.